The summed E-state index contributed by atoms with van der Waals surface area (Å²) in [4.78, 5) is 17.6. The number of fused-ring (bicyclic) bond motifs is 2. The van der Waals surface area contributed by atoms with Crippen molar-refractivity contribution in [1.29, 1.82) is 0 Å². The summed E-state index contributed by atoms with van der Waals surface area (Å²) in [7, 11) is -3.99. The van der Waals surface area contributed by atoms with Crippen molar-refractivity contribution in [3.63, 3.8) is 0 Å². The molecule has 7 nitrogen and oxygen atoms in total. The first-order valence-electron chi connectivity index (χ1n) is 12.3. The Morgan fingerprint density at radius 3 is 2.69 bits per heavy atom. The van der Waals surface area contributed by atoms with Gasteiger partial charge in [0.25, 0.3) is 10.0 Å². The second kappa shape index (κ2) is 9.71. The Bertz CT molecular complexity index is 1210. The highest BCUT2D eigenvalue weighted by Gasteiger charge is 2.41. The SMILES string of the molecule is C[C@H](C(=O)Cc1cnc2c(c1)N(S(=O)(=O)c1cccc(Cl)c1)C[C@H](CO)O2)C1C[C@H]2CCC[C@H]2C1. The number of carbonyl (C=O) groups is 1. The lowest BCUT2D eigenvalue weighted by Crippen LogP contribution is -2.45. The van der Waals surface area contributed by atoms with Gasteiger partial charge in [-0.15, -0.1) is 0 Å². The normalized spacial score (nSPS) is 26.7. The van der Waals surface area contributed by atoms with Gasteiger partial charge in [0.2, 0.25) is 5.88 Å². The molecule has 2 aromatic rings. The minimum Gasteiger partial charge on any atom is -0.468 e. The summed E-state index contributed by atoms with van der Waals surface area (Å²) >= 11 is 6.05. The second-order valence-corrected chi connectivity index (χ2v) is 12.5. The molecule has 2 aliphatic carbocycles. The predicted molar refractivity (Wildman–Crippen MR) is 133 cm³/mol. The van der Waals surface area contributed by atoms with Gasteiger partial charge < -0.3 is 9.84 Å². The average Bonchev–Trinajstić information content (AvgIpc) is 3.45. The molecule has 0 bridgehead atoms. The Balaban J connectivity index is 1.39. The summed E-state index contributed by atoms with van der Waals surface area (Å²) in [6.45, 7) is 1.60. The average molecular weight is 519 g/mol. The van der Waals surface area contributed by atoms with E-state index in [1.807, 2.05) is 6.92 Å². The Hall–Kier alpha value is -2.16. The molecule has 5 rings (SSSR count). The molecule has 1 N–H and O–H groups in total. The largest absolute Gasteiger partial charge is 0.468 e. The molecule has 3 aliphatic rings. The molecular formula is C26H31ClN2O5S. The number of hydrogen-bond acceptors (Lipinski definition) is 6. The molecule has 1 aliphatic heterocycles. The molecule has 2 fully saturated rings. The van der Waals surface area contributed by atoms with Gasteiger partial charge in [0.15, 0.2) is 0 Å². The minimum atomic E-state index is -3.99. The predicted octanol–water partition coefficient (Wildman–Crippen LogP) is 4.26. The van der Waals surface area contributed by atoms with E-state index in [0.717, 1.165) is 24.7 Å². The van der Waals surface area contributed by atoms with Crippen molar-refractivity contribution in [2.75, 3.05) is 17.5 Å². The quantitative estimate of drug-likeness (QED) is 0.588. The van der Waals surface area contributed by atoms with Gasteiger partial charge in [0.05, 0.1) is 18.0 Å². The molecular weight excluding hydrogens is 488 g/mol. The summed E-state index contributed by atoms with van der Waals surface area (Å²) in [5, 5.41) is 9.98. The van der Waals surface area contributed by atoms with Crippen LogP contribution in [0.3, 0.4) is 0 Å². The van der Waals surface area contributed by atoms with Gasteiger partial charge in [0, 0.05) is 23.6 Å². The fourth-order valence-electron chi connectivity index (χ4n) is 6.05. The molecule has 0 amide bonds. The van der Waals surface area contributed by atoms with Crippen LogP contribution in [0.4, 0.5) is 5.69 Å². The van der Waals surface area contributed by atoms with Crippen LogP contribution in [0.5, 0.6) is 5.88 Å². The van der Waals surface area contributed by atoms with Crippen molar-refractivity contribution in [2.45, 2.75) is 56.4 Å². The zero-order chi connectivity index (χ0) is 24.7. The van der Waals surface area contributed by atoms with Crippen LogP contribution >= 0.6 is 11.6 Å². The number of halogens is 1. The van der Waals surface area contributed by atoms with Crippen LogP contribution in [0.15, 0.2) is 41.4 Å². The van der Waals surface area contributed by atoms with Crippen molar-refractivity contribution in [2.24, 2.45) is 23.7 Å². The van der Waals surface area contributed by atoms with Crippen molar-refractivity contribution in [3.8, 4) is 5.88 Å². The zero-order valence-corrected chi connectivity index (χ0v) is 21.3. The number of ketones is 1. The number of sulfonamides is 1. The molecule has 5 atom stereocenters. The van der Waals surface area contributed by atoms with Gasteiger partial charge in [-0.3, -0.25) is 9.10 Å². The fourth-order valence-corrected chi connectivity index (χ4v) is 7.83. The van der Waals surface area contributed by atoms with Crippen LogP contribution in [0.2, 0.25) is 5.02 Å². The number of aliphatic hydroxyl groups excluding tert-OH is 1. The highest BCUT2D eigenvalue weighted by molar-refractivity contribution is 7.92. The lowest BCUT2D eigenvalue weighted by Gasteiger charge is -2.34. The Kier molecular flexibility index (Phi) is 6.81. The van der Waals surface area contributed by atoms with Crippen molar-refractivity contribution in [1.82, 2.24) is 4.98 Å². The molecule has 1 unspecified atom stereocenters. The van der Waals surface area contributed by atoms with Crippen LogP contribution in [0.1, 0.15) is 44.6 Å². The summed E-state index contributed by atoms with van der Waals surface area (Å²) in [6, 6.07) is 7.72. The van der Waals surface area contributed by atoms with Crippen LogP contribution in [-0.2, 0) is 21.2 Å². The Labute approximate surface area is 211 Å². The van der Waals surface area contributed by atoms with Crippen LogP contribution in [0.25, 0.3) is 0 Å². The first-order valence-corrected chi connectivity index (χ1v) is 14.2. The molecule has 9 heteroatoms. The van der Waals surface area contributed by atoms with E-state index in [1.54, 1.807) is 24.4 Å². The lowest BCUT2D eigenvalue weighted by molar-refractivity contribution is -0.123. The molecule has 0 radical (unpaired) electrons. The van der Waals surface area contributed by atoms with Gasteiger partial charge in [-0.2, -0.15) is 0 Å². The van der Waals surface area contributed by atoms with Crippen molar-refractivity contribution < 1.29 is 23.1 Å². The smallest absolute Gasteiger partial charge is 0.264 e. The van der Waals surface area contributed by atoms with Crippen molar-refractivity contribution in [3.05, 3.63) is 47.1 Å². The number of ether oxygens (including phenoxy) is 1. The van der Waals surface area contributed by atoms with E-state index in [4.69, 9.17) is 16.3 Å². The number of aliphatic hydroxyl groups is 1. The summed E-state index contributed by atoms with van der Waals surface area (Å²) < 4.78 is 33.9. The van der Waals surface area contributed by atoms with Crippen LogP contribution in [-0.4, -0.2) is 43.5 Å². The first-order chi connectivity index (χ1) is 16.8. The Morgan fingerprint density at radius 2 is 2.00 bits per heavy atom. The second-order valence-electron chi connectivity index (χ2n) is 10.2. The number of pyridine rings is 1. The number of rotatable bonds is 7. The van der Waals surface area contributed by atoms with Gasteiger partial charge >= 0.3 is 0 Å². The van der Waals surface area contributed by atoms with Gasteiger partial charge in [-0.25, -0.2) is 13.4 Å². The molecule has 2 heterocycles. The van der Waals surface area contributed by atoms with Crippen LogP contribution < -0.4 is 9.04 Å². The highest BCUT2D eigenvalue weighted by Crippen LogP contribution is 2.49. The fraction of sp³-hybridized carbons (Fsp3) is 0.538. The highest BCUT2D eigenvalue weighted by atomic mass is 35.5. The third kappa shape index (κ3) is 4.80. The molecule has 1 aromatic carbocycles. The number of hydrogen-bond donors (Lipinski definition) is 1. The van der Waals surface area contributed by atoms with E-state index < -0.39 is 16.1 Å². The van der Waals surface area contributed by atoms with E-state index >= 15 is 0 Å². The standard InChI is InChI=1S/C26H31ClN2O5S/c1-16(20-10-18-4-2-5-19(18)11-20)25(31)9-17-8-24-26(28-13-17)34-22(15-30)14-29(24)35(32,33)23-7-3-6-21(27)12-23/h3,6-8,12-13,16,18-20,22,30H,2,4-5,9-11,14-15H2,1H3/t16-,18-,19+,20?,22+/m0/s1. The van der Waals surface area contributed by atoms with E-state index in [-0.39, 0.29) is 47.7 Å². The van der Waals surface area contributed by atoms with E-state index in [0.29, 0.717) is 16.5 Å². The minimum absolute atomic E-state index is 0.0297. The maximum atomic E-state index is 13.5. The van der Waals surface area contributed by atoms with Gasteiger partial charge in [-0.05, 0) is 60.4 Å². The zero-order valence-electron chi connectivity index (χ0n) is 19.8. The Morgan fingerprint density at radius 1 is 1.26 bits per heavy atom. The molecule has 1 aromatic heterocycles. The van der Waals surface area contributed by atoms with E-state index in [9.17, 15) is 18.3 Å². The number of carbonyl (C=O) groups excluding carboxylic acids is 1. The number of benzene rings is 1. The number of Topliss-reactive ketones (excluding diaryl/α,β-unsaturated/α-hetero) is 1. The maximum absolute atomic E-state index is 13.5. The van der Waals surface area contributed by atoms with Crippen molar-refractivity contribution >= 4 is 33.1 Å². The molecule has 0 saturated heterocycles. The molecule has 188 valence electrons. The molecule has 2 saturated carbocycles. The summed E-state index contributed by atoms with van der Waals surface area (Å²) in [5.41, 5.74) is 0.916. The van der Waals surface area contributed by atoms with Gasteiger partial charge in [-0.1, -0.05) is 43.9 Å². The van der Waals surface area contributed by atoms with E-state index in [2.05, 4.69) is 4.98 Å². The van der Waals surface area contributed by atoms with Crippen LogP contribution in [0, 0.1) is 23.7 Å². The lowest BCUT2D eigenvalue weighted by atomic mass is 9.85. The topological polar surface area (TPSA) is 96.8 Å². The number of aromatic nitrogens is 1. The number of anilines is 1. The first kappa shape index (κ1) is 24.5. The third-order valence-corrected chi connectivity index (χ3v) is 10.0. The molecule has 35 heavy (non-hydrogen) atoms. The van der Waals surface area contributed by atoms with E-state index in [1.165, 1.54) is 35.7 Å². The number of nitrogens with zero attached hydrogens (tertiary/aromatic N) is 2. The summed E-state index contributed by atoms with van der Waals surface area (Å²) in [6.07, 6.45) is 7.20. The molecule has 0 spiro atoms. The monoisotopic (exact) mass is 518 g/mol. The maximum Gasteiger partial charge on any atom is 0.264 e. The summed E-state index contributed by atoms with van der Waals surface area (Å²) in [5.74, 6) is 2.24. The third-order valence-electron chi connectivity index (χ3n) is 8.01. The van der Waals surface area contributed by atoms with Gasteiger partial charge in [0.1, 0.15) is 17.6 Å².